The lowest BCUT2D eigenvalue weighted by atomic mass is 9.80. The number of carbonyl (C=O) groups excluding carboxylic acids is 1. The molecule has 0 aliphatic carbocycles. The van der Waals surface area contributed by atoms with Crippen LogP contribution in [0.2, 0.25) is 5.02 Å². The average molecular weight is 516 g/mol. The van der Waals surface area contributed by atoms with Gasteiger partial charge in [-0.3, -0.25) is 14.2 Å². The molecule has 0 saturated heterocycles. The molecule has 1 amide bonds. The van der Waals surface area contributed by atoms with E-state index in [1.165, 1.54) is 11.3 Å². The number of aromatic nitrogens is 1. The number of carbonyl (C=O) groups is 1. The van der Waals surface area contributed by atoms with Crippen molar-refractivity contribution >= 4 is 40.6 Å². The normalized spacial score (nSPS) is 22.1. The van der Waals surface area contributed by atoms with Crippen LogP contribution < -0.4 is 24.9 Å². The van der Waals surface area contributed by atoms with Gasteiger partial charge in [-0.05, 0) is 49.2 Å². The standard InChI is InChI=1S/C28H22ClN3O3S/c1-16-9-3-7-13-20(16)30-25(33)23-24-18-11-5-8-14-21(18)35-28(23,2)31-27-32(24)26(34)22(36-27)15-17-10-4-6-12-19(17)29/h3-15,23-24H,1-2H3,(H,30,33)/b22-15+/t23-,24-,28-/m1/s1. The van der Waals surface area contributed by atoms with Crippen molar-refractivity contribution in [3.8, 4) is 5.75 Å². The molecule has 0 fully saturated rings. The van der Waals surface area contributed by atoms with Gasteiger partial charge < -0.3 is 10.1 Å². The number of hydrogen-bond acceptors (Lipinski definition) is 5. The monoisotopic (exact) mass is 515 g/mol. The lowest BCUT2D eigenvalue weighted by Crippen LogP contribution is -2.59. The molecule has 2 bridgehead atoms. The summed E-state index contributed by atoms with van der Waals surface area (Å²) in [5.41, 5.74) is 1.78. The van der Waals surface area contributed by atoms with Crippen LogP contribution in [0.3, 0.4) is 0 Å². The third-order valence-electron chi connectivity index (χ3n) is 6.76. The summed E-state index contributed by atoms with van der Waals surface area (Å²) in [7, 11) is 0. The Bertz CT molecular complexity index is 1710. The molecule has 0 saturated carbocycles. The van der Waals surface area contributed by atoms with E-state index in [0.717, 1.165) is 16.7 Å². The number of hydrogen-bond donors (Lipinski definition) is 1. The number of nitrogens with zero attached hydrogens (tertiary/aromatic N) is 2. The number of aryl methyl sites for hydroxylation is 1. The molecule has 2 aliphatic rings. The number of halogens is 1. The maximum absolute atomic E-state index is 13.8. The van der Waals surface area contributed by atoms with Crippen molar-refractivity contribution in [2.45, 2.75) is 25.6 Å². The first-order chi connectivity index (χ1) is 17.4. The molecule has 3 aromatic carbocycles. The second kappa shape index (κ2) is 8.47. The number of thiazole rings is 1. The van der Waals surface area contributed by atoms with Gasteiger partial charge in [0.15, 0.2) is 4.80 Å². The van der Waals surface area contributed by atoms with Gasteiger partial charge in [0.2, 0.25) is 11.6 Å². The summed E-state index contributed by atoms with van der Waals surface area (Å²) >= 11 is 7.63. The summed E-state index contributed by atoms with van der Waals surface area (Å²) in [5, 5.41) is 3.61. The first-order valence-corrected chi connectivity index (χ1v) is 12.8. The van der Waals surface area contributed by atoms with Gasteiger partial charge in [-0.2, -0.15) is 0 Å². The van der Waals surface area contributed by atoms with Crippen LogP contribution in [0.1, 0.15) is 29.7 Å². The number of anilines is 1. The van der Waals surface area contributed by atoms with Crippen molar-refractivity contribution in [2.75, 3.05) is 5.32 Å². The van der Waals surface area contributed by atoms with Crippen molar-refractivity contribution in [3.63, 3.8) is 0 Å². The SMILES string of the molecule is Cc1ccccc1NC(=O)[C@H]1[C@H]2c3ccccc3O[C@@]1(C)N=c1s/c(=C/c3ccccc3Cl)c(=O)n12. The smallest absolute Gasteiger partial charge is 0.270 e. The van der Waals surface area contributed by atoms with Gasteiger partial charge in [-0.25, -0.2) is 4.99 Å². The largest absolute Gasteiger partial charge is 0.465 e. The van der Waals surface area contributed by atoms with Crippen molar-refractivity contribution in [1.29, 1.82) is 0 Å². The number of nitrogens with one attached hydrogen (secondary N) is 1. The first-order valence-electron chi connectivity index (χ1n) is 11.6. The Morgan fingerprint density at radius 3 is 2.64 bits per heavy atom. The third-order valence-corrected chi connectivity index (χ3v) is 8.08. The van der Waals surface area contributed by atoms with Crippen LogP contribution >= 0.6 is 22.9 Å². The predicted octanol–water partition coefficient (Wildman–Crippen LogP) is 4.29. The molecular formula is C28H22ClN3O3S. The molecule has 1 aromatic heterocycles. The fourth-order valence-electron chi connectivity index (χ4n) is 5.00. The summed E-state index contributed by atoms with van der Waals surface area (Å²) in [5.74, 6) is -0.399. The van der Waals surface area contributed by atoms with Gasteiger partial charge in [0.1, 0.15) is 11.7 Å². The van der Waals surface area contributed by atoms with Gasteiger partial charge >= 0.3 is 0 Å². The summed E-state index contributed by atoms with van der Waals surface area (Å²) in [6.07, 6.45) is 1.78. The van der Waals surface area contributed by atoms with E-state index in [2.05, 4.69) is 5.32 Å². The van der Waals surface area contributed by atoms with Crippen molar-refractivity contribution in [2.24, 2.45) is 10.9 Å². The molecule has 4 aromatic rings. The number of amides is 1. The van der Waals surface area contributed by atoms with E-state index in [9.17, 15) is 9.59 Å². The van der Waals surface area contributed by atoms with E-state index in [-0.39, 0.29) is 11.5 Å². The molecule has 1 N–H and O–H groups in total. The van der Waals surface area contributed by atoms with Crippen LogP contribution in [0.5, 0.6) is 5.75 Å². The van der Waals surface area contributed by atoms with Gasteiger partial charge in [0, 0.05) is 16.3 Å². The van der Waals surface area contributed by atoms with Crippen LogP contribution in [-0.4, -0.2) is 16.2 Å². The highest BCUT2D eigenvalue weighted by atomic mass is 35.5. The molecule has 3 heterocycles. The van der Waals surface area contributed by atoms with E-state index in [4.69, 9.17) is 21.3 Å². The van der Waals surface area contributed by atoms with Gasteiger partial charge in [-0.15, -0.1) is 0 Å². The maximum Gasteiger partial charge on any atom is 0.270 e. The Morgan fingerprint density at radius 1 is 1.11 bits per heavy atom. The van der Waals surface area contributed by atoms with Crippen molar-refractivity contribution < 1.29 is 9.53 Å². The third kappa shape index (κ3) is 3.58. The highest BCUT2D eigenvalue weighted by Gasteiger charge is 2.55. The molecule has 0 radical (unpaired) electrons. The molecule has 6 nitrogen and oxygen atoms in total. The van der Waals surface area contributed by atoms with E-state index in [0.29, 0.717) is 25.8 Å². The molecule has 0 spiro atoms. The zero-order valence-corrected chi connectivity index (χ0v) is 21.1. The van der Waals surface area contributed by atoms with Gasteiger partial charge in [0.05, 0.1) is 10.6 Å². The Morgan fingerprint density at radius 2 is 1.83 bits per heavy atom. The van der Waals surface area contributed by atoms with Crippen LogP contribution in [0.15, 0.2) is 82.6 Å². The molecule has 36 heavy (non-hydrogen) atoms. The first kappa shape index (κ1) is 22.8. The minimum absolute atomic E-state index is 0.212. The fourth-order valence-corrected chi connectivity index (χ4v) is 6.28. The summed E-state index contributed by atoms with van der Waals surface area (Å²) in [6, 6.07) is 21.9. The second-order valence-electron chi connectivity index (χ2n) is 9.12. The highest BCUT2D eigenvalue weighted by Crippen LogP contribution is 2.47. The minimum Gasteiger partial charge on any atom is -0.465 e. The van der Waals surface area contributed by atoms with E-state index < -0.39 is 17.7 Å². The van der Waals surface area contributed by atoms with E-state index >= 15 is 0 Å². The van der Waals surface area contributed by atoms with Crippen LogP contribution in [0.4, 0.5) is 5.69 Å². The molecule has 8 heteroatoms. The van der Waals surface area contributed by atoms with Crippen LogP contribution in [0, 0.1) is 12.8 Å². The Balaban J connectivity index is 1.55. The summed E-state index contributed by atoms with van der Waals surface area (Å²) < 4.78 is 8.50. The van der Waals surface area contributed by atoms with Crippen molar-refractivity contribution in [3.05, 3.63) is 114 Å². The predicted molar refractivity (Wildman–Crippen MR) is 141 cm³/mol. The summed E-state index contributed by atoms with van der Waals surface area (Å²) in [6.45, 7) is 3.75. The zero-order valence-electron chi connectivity index (χ0n) is 19.6. The molecular weight excluding hydrogens is 494 g/mol. The Labute approximate surface area is 216 Å². The van der Waals surface area contributed by atoms with Gasteiger partial charge in [0.25, 0.3) is 5.56 Å². The number of ether oxygens (including phenoxy) is 1. The zero-order chi connectivity index (χ0) is 25.0. The highest BCUT2D eigenvalue weighted by molar-refractivity contribution is 7.07. The molecule has 6 rings (SSSR count). The Hall–Kier alpha value is -3.68. The minimum atomic E-state index is -1.19. The lowest BCUT2D eigenvalue weighted by molar-refractivity contribution is -0.131. The molecule has 2 aliphatic heterocycles. The molecule has 180 valence electrons. The maximum atomic E-state index is 13.8. The van der Waals surface area contributed by atoms with Crippen molar-refractivity contribution in [1.82, 2.24) is 4.57 Å². The average Bonchev–Trinajstić information content (AvgIpc) is 3.14. The quantitative estimate of drug-likeness (QED) is 0.442. The lowest BCUT2D eigenvalue weighted by Gasteiger charge is -2.45. The van der Waals surface area contributed by atoms with E-state index in [1.807, 2.05) is 80.6 Å². The molecule has 3 atom stereocenters. The number of fused-ring (bicyclic) bond motifs is 6. The summed E-state index contributed by atoms with van der Waals surface area (Å²) in [4.78, 5) is 33.0. The number of benzene rings is 3. The van der Waals surface area contributed by atoms with Gasteiger partial charge in [-0.1, -0.05) is 77.5 Å². The number of rotatable bonds is 3. The second-order valence-corrected chi connectivity index (χ2v) is 10.5. The topological polar surface area (TPSA) is 72.7 Å². The van der Waals surface area contributed by atoms with E-state index in [1.54, 1.807) is 16.7 Å². The van der Waals surface area contributed by atoms with Crippen LogP contribution in [-0.2, 0) is 4.79 Å². The fraction of sp³-hybridized carbons (Fsp3) is 0.179. The Kier molecular flexibility index (Phi) is 5.35. The number of para-hydroxylation sites is 2. The van der Waals surface area contributed by atoms with Crippen LogP contribution in [0.25, 0.3) is 6.08 Å². The molecule has 0 unspecified atom stereocenters.